The molecule has 3 heterocycles. The Balaban J connectivity index is 1.65. The van der Waals surface area contributed by atoms with Crippen molar-refractivity contribution < 1.29 is 0 Å². The first-order valence-corrected chi connectivity index (χ1v) is 11.0. The molecule has 4 atom stereocenters. The fraction of sp³-hybridized carbons (Fsp3) is 0.895. The lowest BCUT2D eigenvalue weighted by atomic mass is 9.91. The van der Waals surface area contributed by atoms with Crippen LogP contribution in [0, 0.1) is 5.92 Å². The Hall–Kier alpha value is -0.310. The molecule has 0 radical (unpaired) electrons. The zero-order chi connectivity index (χ0) is 17.3. The van der Waals surface area contributed by atoms with E-state index in [-0.39, 0.29) is 0 Å². The van der Waals surface area contributed by atoms with Gasteiger partial charge in [-0.25, -0.2) is 0 Å². The van der Waals surface area contributed by atoms with Crippen LogP contribution in [0.4, 0.5) is 0 Å². The maximum atomic E-state index is 2.77. The molecular formula is C19H37N4P. The summed E-state index contributed by atoms with van der Waals surface area (Å²) in [6, 6.07) is 0. The van der Waals surface area contributed by atoms with Gasteiger partial charge in [-0.1, -0.05) is 15.5 Å². The molecular weight excluding hydrogens is 315 g/mol. The molecule has 0 spiro atoms. The number of allylic oxidation sites excluding steroid dienone is 2. The summed E-state index contributed by atoms with van der Waals surface area (Å²) in [4.78, 5) is 10.5. The Morgan fingerprint density at radius 2 is 1.67 bits per heavy atom. The smallest absolute Gasteiger partial charge is 0.0443 e. The standard InChI is InChI=1S/C19H37N4P/c1-15-8-10-23(18-7-6-9-21(5)19(15)18)17(3)24-16(2)22-13-11-20(4)12-14-22/h15-17,24H,6-14H2,1-5H3. The number of likely N-dealkylation sites (N-methyl/N-ethyl adjacent to an activating group) is 1. The van der Waals surface area contributed by atoms with Crippen molar-refractivity contribution in [1.82, 2.24) is 19.6 Å². The van der Waals surface area contributed by atoms with E-state index in [0.29, 0.717) is 5.78 Å². The molecule has 3 rings (SSSR count). The summed E-state index contributed by atoms with van der Waals surface area (Å²) in [5, 5.41) is 0. The van der Waals surface area contributed by atoms with E-state index >= 15 is 0 Å². The number of rotatable bonds is 4. The third kappa shape index (κ3) is 3.92. The highest BCUT2D eigenvalue weighted by atomic mass is 31.1. The van der Waals surface area contributed by atoms with Gasteiger partial charge in [0.15, 0.2) is 0 Å². The molecule has 0 aliphatic carbocycles. The van der Waals surface area contributed by atoms with Gasteiger partial charge in [-0.05, 0) is 46.1 Å². The first-order valence-electron chi connectivity index (χ1n) is 9.87. The highest BCUT2D eigenvalue weighted by Crippen LogP contribution is 2.40. The van der Waals surface area contributed by atoms with Crippen LogP contribution in [0.25, 0.3) is 0 Å². The molecule has 0 amide bonds. The van der Waals surface area contributed by atoms with Crippen molar-refractivity contribution in [3.63, 3.8) is 0 Å². The second kappa shape index (κ2) is 7.93. The fourth-order valence-electron chi connectivity index (χ4n) is 4.69. The normalized spacial score (nSPS) is 30.1. The van der Waals surface area contributed by atoms with Crippen LogP contribution in [0.5, 0.6) is 0 Å². The summed E-state index contributed by atoms with van der Waals surface area (Å²) in [6.45, 7) is 14.8. The predicted octanol–water partition coefficient (Wildman–Crippen LogP) is 2.88. The quantitative estimate of drug-likeness (QED) is 0.721. The number of nitrogens with zero attached hydrogens (tertiary/aromatic N) is 4. The monoisotopic (exact) mass is 352 g/mol. The Kier molecular flexibility index (Phi) is 6.11. The van der Waals surface area contributed by atoms with Gasteiger partial charge in [0, 0.05) is 69.3 Å². The number of hydrogen-bond donors (Lipinski definition) is 0. The summed E-state index contributed by atoms with van der Waals surface area (Å²) < 4.78 is 0. The van der Waals surface area contributed by atoms with E-state index in [2.05, 4.69) is 54.5 Å². The molecule has 138 valence electrons. The lowest BCUT2D eigenvalue weighted by Gasteiger charge is -2.47. The SMILES string of the molecule is CC1CCN(C(C)PC(C)N2CCN(C)CC2)C2=C1N(C)CCC2. The largest absolute Gasteiger partial charge is 0.376 e. The predicted molar refractivity (Wildman–Crippen MR) is 106 cm³/mol. The van der Waals surface area contributed by atoms with Gasteiger partial charge in [-0.3, -0.25) is 4.90 Å². The fourth-order valence-corrected chi connectivity index (χ4v) is 6.32. The van der Waals surface area contributed by atoms with Crippen LogP contribution < -0.4 is 0 Å². The second-order valence-corrected chi connectivity index (χ2v) is 10.1. The minimum atomic E-state index is 0.684. The van der Waals surface area contributed by atoms with Gasteiger partial charge in [0.2, 0.25) is 0 Å². The molecule has 4 nitrogen and oxygen atoms in total. The van der Waals surface area contributed by atoms with Crippen molar-refractivity contribution in [3.05, 3.63) is 11.4 Å². The van der Waals surface area contributed by atoms with Gasteiger partial charge in [0.1, 0.15) is 0 Å². The third-order valence-corrected chi connectivity index (χ3v) is 7.91. The Bertz CT molecular complexity index is 452. The van der Waals surface area contributed by atoms with Crippen molar-refractivity contribution in [2.75, 3.05) is 53.4 Å². The molecule has 0 saturated carbocycles. The van der Waals surface area contributed by atoms with E-state index in [4.69, 9.17) is 0 Å². The topological polar surface area (TPSA) is 13.0 Å². The molecule has 1 fully saturated rings. The van der Waals surface area contributed by atoms with E-state index in [9.17, 15) is 0 Å². The molecule has 24 heavy (non-hydrogen) atoms. The van der Waals surface area contributed by atoms with E-state index in [1.807, 2.05) is 0 Å². The van der Waals surface area contributed by atoms with Gasteiger partial charge >= 0.3 is 0 Å². The van der Waals surface area contributed by atoms with E-state index in [0.717, 1.165) is 20.3 Å². The highest BCUT2D eigenvalue weighted by Gasteiger charge is 2.33. The summed E-state index contributed by atoms with van der Waals surface area (Å²) in [7, 11) is 5.55. The van der Waals surface area contributed by atoms with Crippen molar-refractivity contribution in [1.29, 1.82) is 0 Å². The molecule has 0 N–H and O–H groups in total. The van der Waals surface area contributed by atoms with Gasteiger partial charge in [0.05, 0.1) is 0 Å². The number of piperazine rings is 1. The Morgan fingerprint density at radius 3 is 2.38 bits per heavy atom. The minimum absolute atomic E-state index is 0.684. The lowest BCUT2D eigenvalue weighted by molar-refractivity contribution is 0.146. The summed E-state index contributed by atoms with van der Waals surface area (Å²) in [5.74, 6) is 2.15. The van der Waals surface area contributed by atoms with Crippen LogP contribution in [0.3, 0.4) is 0 Å². The van der Waals surface area contributed by atoms with Crippen LogP contribution in [0.2, 0.25) is 0 Å². The van der Waals surface area contributed by atoms with Crippen LogP contribution in [0.1, 0.15) is 40.0 Å². The Labute approximate surface area is 151 Å². The van der Waals surface area contributed by atoms with Gasteiger partial charge in [-0.2, -0.15) is 0 Å². The molecule has 0 bridgehead atoms. The lowest BCUT2D eigenvalue weighted by Crippen LogP contribution is -2.48. The Morgan fingerprint density at radius 1 is 0.958 bits per heavy atom. The van der Waals surface area contributed by atoms with E-state index < -0.39 is 0 Å². The van der Waals surface area contributed by atoms with Crippen LogP contribution in [-0.4, -0.2) is 84.5 Å². The van der Waals surface area contributed by atoms with Crippen LogP contribution in [0.15, 0.2) is 11.4 Å². The van der Waals surface area contributed by atoms with Crippen LogP contribution >= 0.6 is 8.58 Å². The van der Waals surface area contributed by atoms with Crippen molar-refractivity contribution >= 4 is 8.58 Å². The van der Waals surface area contributed by atoms with Crippen LogP contribution in [-0.2, 0) is 0 Å². The first-order chi connectivity index (χ1) is 11.5. The zero-order valence-electron chi connectivity index (χ0n) is 16.4. The van der Waals surface area contributed by atoms with Crippen molar-refractivity contribution in [3.8, 4) is 0 Å². The maximum absolute atomic E-state index is 2.77. The van der Waals surface area contributed by atoms with E-state index in [1.165, 1.54) is 58.5 Å². The summed E-state index contributed by atoms with van der Waals surface area (Å²) in [6.07, 6.45) is 3.94. The van der Waals surface area contributed by atoms with Crippen molar-refractivity contribution in [2.45, 2.75) is 51.6 Å². The summed E-state index contributed by atoms with van der Waals surface area (Å²) >= 11 is 0. The maximum Gasteiger partial charge on any atom is 0.0443 e. The second-order valence-electron chi connectivity index (χ2n) is 8.10. The molecule has 3 aliphatic rings. The highest BCUT2D eigenvalue weighted by molar-refractivity contribution is 7.39. The summed E-state index contributed by atoms with van der Waals surface area (Å²) in [5.41, 5.74) is 3.32. The third-order valence-electron chi connectivity index (χ3n) is 6.27. The molecule has 3 aliphatic heterocycles. The molecule has 0 aromatic heterocycles. The van der Waals surface area contributed by atoms with Gasteiger partial charge in [0.25, 0.3) is 0 Å². The van der Waals surface area contributed by atoms with Gasteiger partial charge in [-0.15, -0.1) is 0 Å². The average molecular weight is 353 g/mol. The first kappa shape index (κ1) is 18.5. The average Bonchev–Trinajstić information content (AvgIpc) is 2.55. The zero-order valence-corrected chi connectivity index (χ0v) is 17.4. The molecule has 1 saturated heterocycles. The molecule has 0 aromatic carbocycles. The molecule has 5 heteroatoms. The number of hydrogen-bond acceptors (Lipinski definition) is 4. The molecule has 4 unspecified atom stereocenters. The van der Waals surface area contributed by atoms with E-state index in [1.54, 1.807) is 11.4 Å². The van der Waals surface area contributed by atoms with Gasteiger partial charge < -0.3 is 14.7 Å². The minimum Gasteiger partial charge on any atom is -0.376 e. The molecule has 0 aromatic rings. The van der Waals surface area contributed by atoms with Crippen molar-refractivity contribution in [2.24, 2.45) is 5.92 Å².